The number of piperidine rings is 1. The minimum Gasteiger partial charge on any atom is -0.490 e. The molecule has 1 unspecified atom stereocenters. The van der Waals surface area contributed by atoms with Crippen molar-refractivity contribution in [2.45, 2.75) is 32.7 Å². The lowest BCUT2D eigenvalue weighted by atomic mass is 10.1. The van der Waals surface area contributed by atoms with E-state index in [9.17, 15) is 0 Å². The van der Waals surface area contributed by atoms with Gasteiger partial charge in [-0.05, 0) is 45.0 Å². The molecular weight excluding hydrogens is 264 g/mol. The van der Waals surface area contributed by atoms with Gasteiger partial charge < -0.3 is 14.8 Å². The Morgan fingerprint density at radius 1 is 1.19 bits per heavy atom. The third-order valence-electron chi connectivity index (χ3n) is 3.81. The van der Waals surface area contributed by atoms with Gasteiger partial charge in [-0.3, -0.25) is 4.90 Å². The van der Waals surface area contributed by atoms with Gasteiger partial charge in [0.25, 0.3) is 0 Å². The summed E-state index contributed by atoms with van der Waals surface area (Å²) in [6.07, 6.45) is 2.56. The molecule has 0 amide bonds. The van der Waals surface area contributed by atoms with Crippen molar-refractivity contribution in [2.24, 2.45) is 0 Å². The number of nitrogens with one attached hydrogen (secondary N) is 1. The van der Waals surface area contributed by atoms with Gasteiger partial charge in [-0.15, -0.1) is 0 Å². The zero-order valence-electron chi connectivity index (χ0n) is 13.3. The van der Waals surface area contributed by atoms with Gasteiger partial charge in [-0.25, -0.2) is 0 Å². The van der Waals surface area contributed by atoms with Crippen molar-refractivity contribution in [3.05, 3.63) is 24.3 Å². The summed E-state index contributed by atoms with van der Waals surface area (Å²) in [6, 6.07) is 8.53. The van der Waals surface area contributed by atoms with Crippen molar-refractivity contribution >= 4 is 0 Å². The van der Waals surface area contributed by atoms with Crippen molar-refractivity contribution in [3.63, 3.8) is 0 Å². The number of nitrogens with zero attached hydrogens (tertiary/aromatic N) is 1. The lowest BCUT2D eigenvalue weighted by molar-refractivity contribution is 0.158. The summed E-state index contributed by atoms with van der Waals surface area (Å²) in [5.74, 6) is 1.68. The van der Waals surface area contributed by atoms with Gasteiger partial charge in [0.05, 0.1) is 6.61 Å². The van der Waals surface area contributed by atoms with Crippen LogP contribution < -0.4 is 14.8 Å². The van der Waals surface area contributed by atoms with E-state index in [0.717, 1.165) is 31.1 Å². The molecule has 1 saturated heterocycles. The van der Waals surface area contributed by atoms with Gasteiger partial charge in [0.15, 0.2) is 11.5 Å². The van der Waals surface area contributed by atoms with E-state index in [0.29, 0.717) is 19.3 Å². The molecule has 1 aliphatic rings. The van der Waals surface area contributed by atoms with E-state index in [1.54, 1.807) is 0 Å². The average Bonchev–Trinajstić information content (AvgIpc) is 2.50. The second-order valence-corrected chi connectivity index (χ2v) is 5.43. The summed E-state index contributed by atoms with van der Waals surface area (Å²) in [5, 5.41) is 3.55. The fourth-order valence-corrected chi connectivity index (χ4v) is 2.84. The van der Waals surface area contributed by atoms with Crippen LogP contribution in [-0.2, 0) is 0 Å². The van der Waals surface area contributed by atoms with E-state index in [1.165, 1.54) is 19.4 Å². The van der Waals surface area contributed by atoms with Gasteiger partial charge in [-0.2, -0.15) is 0 Å². The summed E-state index contributed by atoms with van der Waals surface area (Å²) >= 11 is 0. The monoisotopic (exact) mass is 292 g/mol. The van der Waals surface area contributed by atoms with Gasteiger partial charge in [0.2, 0.25) is 0 Å². The molecular formula is C17H28N2O2. The predicted octanol–water partition coefficient (Wildman–Crippen LogP) is 2.54. The Balaban J connectivity index is 1.76. The Morgan fingerprint density at radius 2 is 1.95 bits per heavy atom. The lowest BCUT2D eigenvalue weighted by Gasteiger charge is -2.33. The van der Waals surface area contributed by atoms with Crippen LogP contribution in [0.3, 0.4) is 0 Å². The summed E-state index contributed by atoms with van der Waals surface area (Å²) in [5.41, 5.74) is 0. The number of para-hydroxylation sites is 2. The van der Waals surface area contributed by atoms with Crippen molar-refractivity contribution in [1.29, 1.82) is 0 Å². The maximum absolute atomic E-state index is 5.90. The van der Waals surface area contributed by atoms with Crippen LogP contribution in [0.25, 0.3) is 0 Å². The molecule has 1 aromatic carbocycles. The molecule has 0 radical (unpaired) electrons. The molecule has 118 valence electrons. The van der Waals surface area contributed by atoms with E-state index in [4.69, 9.17) is 9.47 Å². The number of benzene rings is 1. The Morgan fingerprint density at radius 3 is 2.67 bits per heavy atom. The normalized spacial score (nSPS) is 19.4. The predicted molar refractivity (Wildman–Crippen MR) is 86.2 cm³/mol. The molecule has 1 N–H and O–H groups in total. The van der Waals surface area contributed by atoms with Crippen LogP contribution in [0.1, 0.15) is 26.7 Å². The van der Waals surface area contributed by atoms with E-state index < -0.39 is 0 Å². The minimum atomic E-state index is 0.638. The first-order chi connectivity index (χ1) is 10.3. The summed E-state index contributed by atoms with van der Waals surface area (Å²) in [4.78, 5) is 2.49. The minimum absolute atomic E-state index is 0.638. The van der Waals surface area contributed by atoms with E-state index >= 15 is 0 Å². The van der Waals surface area contributed by atoms with Crippen LogP contribution in [0.15, 0.2) is 24.3 Å². The van der Waals surface area contributed by atoms with Crippen LogP contribution in [0.5, 0.6) is 11.5 Å². The SMILES string of the molecule is CCNC1CCCN(CCOc2ccccc2OCC)C1. The van der Waals surface area contributed by atoms with Crippen LogP contribution in [-0.4, -0.2) is 50.3 Å². The Kier molecular flexibility index (Phi) is 6.83. The zero-order chi connectivity index (χ0) is 14.9. The first-order valence-electron chi connectivity index (χ1n) is 8.13. The molecule has 0 spiro atoms. The van der Waals surface area contributed by atoms with Gasteiger partial charge in [0.1, 0.15) is 6.61 Å². The zero-order valence-corrected chi connectivity index (χ0v) is 13.3. The molecule has 0 bridgehead atoms. The quantitative estimate of drug-likeness (QED) is 0.798. The third-order valence-corrected chi connectivity index (χ3v) is 3.81. The molecule has 1 aromatic rings. The van der Waals surface area contributed by atoms with Gasteiger partial charge >= 0.3 is 0 Å². The summed E-state index contributed by atoms with van der Waals surface area (Å²) < 4.78 is 11.5. The third kappa shape index (κ3) is 5.21. The average molecular weight is 292 g/mol. The van der Waals surface area contributed by atoms with Crippen molar-refractivity contribution in [2.75, 3.05) is 39.4 Å². The van der Waals surface area contributed by atoms with Crippen LogP contribution >= 0.6 is 0 Å². The number of hydrogen-bond acceptors (Lipinski definition) is 4. The number of ether oxygens (including phenoxy) is 2. The van der Waals surface area contributed by atoms with E-state index in [1.807, 2.05) is 31.2 Å². The molecule has 4 nitrogen and oxygen atoms in total. The Bertz CT molecular complexity index is 410. The summed E-state index contributed by atoms with van der Waals surface area (Å²) in [7, 11) is 0. The fourth-order valence-electron chi connectivity index (χ4n) is 2.84. The highest BCUT2D eigenvalue weighted by molar-refractivity contribution is 5.39. The van der Waals surface area contributed by atoms with E-state index in [2.05, 4.69) is 17.1 Å². The fraction of sp³-hybridized carbons (Fsp3) is 0.647. The molecule has 0 aliphatic carbocycles. The number of likely N-dealkylation sites (N-methyl/N-ethyl adjacent to an activating group) is 1. The van der Waals surface area contributed by atoms with Crippen molar-refractivity contribution in [1.82, 2.24) is 10.2 Å². The highest BCUT2D eigenvalue weighted by Gasteiger charge is 2.18. The molecule has 1 fully saturated rings. The van der Waals surface area contributed by atoms with Gasteiger partial charge in [0, 0.05) is 19.1 Å². The Labute approximate surface area is 128 Å². The number of likely N-dealkylation sites (tertiary alicyclic amines) is 1. The second-order valence-electron chi connectivity index (χ2n) is 5.43. The lowest BCUT2D eigenvalue weighted by Crippen LogP contribution is -2.46. The van der Waals surface area contributed by atoms with Gasteiger partial charge in [-0.1, -0.05) is 19.1 Å². The molecule has 1 heterocycles. The molecule has 0 aromatic heterocycles. The first-order valence-corrected chi connectivity index (χ1v) is 8.13. The van der Waals surface area contributed by atoms with Crippen LogP contribution in [0.2, 0.25) is 0 Å². The molecule has 1 atom stereocenters. The van der Waals surface area contributed by atoms with Crippen molar-refractivity contribution in [3.8, 4) is 11.5 Å². The largest absolute Gasteiger partial charge is 0.490 e. The maximum atomic E-state index is 5.90. The van der Waals surface area contributed by atoms with E-state index in [-0.39, 0.29) is 0 Å². The smallest absolute Gasteiger partial charge is 0.161 e. The standard InChI is InChI=1S/C17H28N2O2/c1-3-18-15-8-7-11-19(14-15)12-13-21-17-10-6-5-9-16(17)20-4-2/h5-6,9-10,15,18H,3-4,7-8,11-14H2,1-2H3. The number of hydrogen-bond donors (Lipinski definition) is 1. The molecule has 2 rings (SSSR count). The Hall–Kier alpha value is -1.26. The number of rotatable bonds is 8. The topological polar surface area (TPSA) is 33.7 Å². The summed E-state index contributed by atoms with van der Waals surface area (Å²) in [6.45, 7) is 9.87. The molecule has 1 aliphatic heterocycles. The van der Waals surface area contributed by atoms with Crippen molar-refractivity contribution < 1.29 is 9.47 Å². The second kappa shape index (κ2) is 8.90. The maximum Gasteiger partial charge on any atom is 0.161 e. The molecule has 0 saturated carbocycles. The molecule has 4 heteroatoms. The highest BCUT2D eigenvalue weighted by atomic mass is 16.5. The first kappa shape index (κ1) is 16.1. The molecule has 21 heavy (non-hydrogen) atoms. The van der Waals surface area contributed by atoms with Crippen LogP contribution in [0.4, 0.5) is 0 Å². The van der Waals surface area contributed by atoms with Crippen LogP contribution in [0, 0.1) is 0 Å². The highest BCUT2D eigenvalue weighted by Crippen LogP contribution is 2.26.